The topological polar surface area (TPSA) is 93.2 Å². The van der Waals surface area contributed by atoms with Gasteiger partial charge in [-0.1, -0.05) is 11.3 Å². The highest BCUT2D eigenvalue weighted by atomic mass is 32.1. The number of hydrogen-bond donors (Lipinski definition) is 2. The molecule has 0 aliphatic heterocycles. The van der Waals surface area contributed by atoms with Gasteiger partial charge in [-0.2, -0.15) is 0 Å². The van der Waals surface area contributed by atoms with E-state index in [-0.39, 0.29) is 18.9 Å². The van der Waals surface area contributed by atoms with Gasteiger partial charge >= 0.3 is 6.09 Å². The number of alkyl carbamates (subject to hydrolysis) is 1. The molecule has 0 aromatic carbocycles. The third kappa shape index (κ3) is 6.14. The molecule has 8 heteroatoms. The molecule has 2 N–H and O–H groups in total. The minimum absolute atomic E-state index is 0.152. The van der Waals surface area contributed by atoms with Crippen molar-refractivity contribution < 1.29 is 14.3 Å². The van der Waals surface area contributed by atoms with Gasteiger partial charge < -0.3 is 15.4 Å². The molecule has 0 bridgehead atoms. The lowest BCUT2D eigenvalue weighted by Gasteiger charge is -2.19. The fourth-order valence-electron chi connectivity index (χ4n) is 1.00. The van der Waals surface area contributed by atoms with Crippen LogP contribution in [0, 0.1) is 0 Å². The minimum Gasteiger partial charge on any atom is -0.444 e. The average Bonchev–Trinajstić information content (AvgIpc) is 2.67. The van der Waals surface area contributed by atoms with Crippen LogP contribution in [-0.4, -0.2) is 34.3 Å². The van der Waals surface area contributed by atoms with Crippen LogP contribution in [0.3, 0.4) is 0 Å². The third-order valence-corrected chi connectivity index (χ3v) is 2.23. The van der Waals surface area contributed by atoms with E-state index < -0.39 is 11.7 Å². The van der Waals surface area contributed by atoms with Crippen LogP contribution in [0.2, 0.25) is 0 Å². The maximum absolute atomic E-state index is 11.4. The Morgan fingerprint density at radius 1 is 1.44 bits per heavy atom. The molecule has 0 radical (unpaired) electrons. The zero-order chi connectivity index (χ0) is 13.6. The number of nitrogens with one attached hydrogen (secondary N) is 2. The summed E-state index contributed by atoms with van der Waals surface area (Å²) >= 11 is 1.23. The largest absolute Gasteiger partial charge is 0.444 e. The first-order chi connectivity index (χ1) is 8.37. The van der Waals surface area contributed by atoms with Gasteiger partial charge in [-0.05, 0) is 20.8 Å². The lowest BCUT2D eigenvalue weighted by atomic mass is 10.2. The quantitative estimate of drug-likeness (QED) is 0.864. The predicted molar refractivity (Wildman–Crippen MR) is 67.4 cm³/mol. The molecule has 2 amide bonds. The Bertz CT molecular complexity index is 400. The smallest absolute Gasteiger partial charge is 0.407 e. The van der Waals surface area contributed by atoms with E-state index in [1.165, 1.54) is 16.8 Å². The molecule has 0 unspecified atom stereocenters. The molecule has 0 saturated heterocycles. The van der Waals surface area contributed by atoms with E-state index in [2.05, 4.69) is 20.8 Å². The molecule has 0 aliphatic carbocycles. The molecular weight excluding hydrogens is 256 g/mol. The standard InChI is InChI=1S/C10H16N4O3S/c1-10(2,3)17-9(16)11-5-4-7(15)13-8-14-12-6-18-8/h6H,4-5H2,1-3H3,(H,11,16)(H,13,14,15). The van der Waals surface area contributed by atoms with Gasteiger partial charge in [0.2, 0.25) is 11.0 Å². The van der Waals surface area contributed by atoms with Crippen LogP contribution < -0.4 is 10.6 Å². The highest BCUT2D eigenvalue weighted by molar-refractivity contribution is 7.13. The van der Waals surface area contributed by atoms with Crippen molar-refractivity contribution in [2.75, 3.05) is 11.9 Å². The molecule has 1 heterocycles. The van der Waals surface area contributed by atoms with E-state index in [1.54, 1.807) is 20.8 Å². The summed E-state index contributed by atoms with van der Waals surface area (Å²) in [5.74, 6) is -0.234. The first-order valence-electron chi connectivity index (χ1n) is 5.40. The van der Waals surface area contributed by atoms with Crippen molar-refractivity contribution in [3.8, 4) is 0 Å². The van der Waals surface area contributed by atoms with E-state index in [0.29, 0.717) is 5.13 Å². The van der Waals surface area contributed by atoms with Crippen molar-refractivity contribution in [3.63, 3.8) is 0 Å². The van der Waals surface area contributed by atoms with Gasteiger partial charge in [0.1, 0.15) is 11.1 Å². The highest BCUT2D eigenvalue weighted by Crippen LogP contribution is 2.08. The summed E-state index contributed by atoms with van der Waals surface area (Å²) in [6, 6.07) is 0. The first kappa shape index (κ1) is 14.4. The molecule has 0 atom stereocenters. The van der Waals surface area contributed by atoms with Gasteiger partial charge in [-0.25, -0.2) is 4.79 Å². The number of carbonyl (C=O) groups is 2. The van der Waals surface area contributed by atoms with Crippen LogP contribution in [0.1, 0.15) is 27.2 Å². The van der Waals surface area contributed by atoms with Gasteiger partial charge in [-0.15, -0.1) is 10.2 Å². The summed E-state index contributed by atoms with van der Waals surface area (Å²) in [6.07, 6.45) is -0.384. The van der Waals surface area contributed by atoms with Gasteiger partial charge in [0.05, 0.1) is 0 Å². The maximum Gasteiger partial charge on any atom is 0.407 e. The summed E-state index contributed by atoms with van der Waals surface area (Å²) in [5, 5.41) is 12.8. The number of anilines is 1. The lowest BCUT2D eigenvalue weighted by Crippen LogP contribution is -2.34. The van der Waals surface area contributed by atoms with E-state index in [0.717, 1.165) is 0 Å². The Morgan fingerprint density at radius 3 is 2.72 bits per heavy atom. The Balaban J connectivity index is 2.18. The second-order valence-corrected chi connectivity index (χ2v) is 5.30. The van der Waals surface area contributed by atoms with Crippen molar-refractivity contribution >= 4 is 28.5 Å². The van der Waals surface area contributed by atoms with E-state index >= 15 is 0 Å². The molecule has 18 heavy (non-hydrogen) atoms. The van der Waals surface area contributed by atoms with Crippen LogP contribution in [-0.2, 0) is 9.53 Å². The van der Waals surface area contributed by atoms with E-state index in [4.69, 9.17) is 4.74 Å². The number of rotatable bonds is 4. The molecule has 1 aromatic rings. The summed E-state index contributed by atoms with van der Waals surface area (Å²) in [6.45, 7) is 5.53. The van der Waals surface area contributed by atoms with Crippen LogP contribution in [0.4, 0.5) is 9.93 Å². The fourth-order valence-corrected chi connectivity index (χ4v) is 1.46. The Labute approximate surface area is 109 Å². The number of ether oxygens (including phenoxy) is 1. The Hall–Kier alpha value is -1.70. The number of aromatic nitrogens is 2. The summed E-state index contributed by atoms with van der Waals surface area (Å²) in [7, 11) is 0. The maximum atomic E-state index is 11.4. The van der Waals surface area contributed by atoms with Crippen molar-refractivity contribution in [2.45, 2.75) is 32.8 Å². The van der Waals surface area contributed by atoms with Crippen molar-refractivity contribution in [3.05, 3.63) is 5.51 Å². The molecular formula is C10H16N4O3S. The highest BCUT2D eigenvalue weighted by Gasteiger charge is 2.15. The normalized spacial score (nSPS) is 10.8. The van der Waals surface area contributed by atoms with Gasteiger partial charge in [-0.3, -0.25) is 4.79 Å². The lowest BCUT2D eigenvalue weighted by molar-refractivity contribution is -0.116. The zero-order valence-corrected chi connectivity index (χ0v) is 11.3. The molecule has 0 aliphatic rings. The van der Waals surface area contributed by atoms with Crippen molar-refractivity contribution in [2.24, 2.45) is 0 Å². The summed E-state index contributed by atoms with van der Waals surface area (Å²) in [5.41, 5.74) is 0.980. The van der Waals surface area contributed by atoms with Gasteiger partial charge in [0.15, 0.2) is 0 Å². The van der Waals surface area contributed by atoms with Crippen LogP contribution in [0.25, 0.3) is 0 Å². The summed E-state index contributed by atoms with van der Waals surface area (Å²) < 4.78 is 5.02. The fraction of sp³-hybridized carbons (Fsp3) is 0.600. The molecule has 0 spiro atoms. The van der Waals surface area contributed by atoms with Crippen LogP contribution >= 0.6 is 11.3 Å². The predicted octanol–water partition coefficient (Wildman–Crippen LogP) is 1.39. The van der Waals surface area contributed by atoms with Crippen molar-refractivity contribution in [1.29, 1.82) is 0 Å². The van der Waals surface area contributed by atoms with Gasteiger partial charge in [0, 0.05) is 13.0 Å². The summed E-state index contributed by atoms with van der Waals surface area (Å²) in [4.78, 5) is 22.7. The monoisotopic (exact) mass is 272 g/mol. The second kappa shape index (κ2) is 6.29. The molecule has 0 fully saturated rings. The zero-order valence-electron chi connectivity index (χ0n) is 10.5. The van der Waals surface area contributed by atoms with Crippen LogP contribution in [0.15, 0.2) is 5.51 Å². The first-order valence-corrected chi connectivity index (χ1v) is 6.27. The van der Waals surface area contributed by atoms with Gasteiger partial charge in [0.25, 0.3) is 0 Å². The molecule has 1 rings (SSSR count). The Kier molecular flexibility index (Phi) is 5.02. The Morgan fingerprint density at radius 2 is 2.17 bits per heavy atom. The number of hydrogen-bond acceptors (Lipinski definition) is 6. The molecule has 0 saturated carbocycles. The van der Waals surface area contributed by atoms with Crippen molar-refractivity contribution in [1.82, 2.24) is 15.5 Å². The third-order valence-electron chi connectivity index (χ3n) is 1.63. The second-order valence-electron chi connectivity index (χ2n) is 4.47. The minimum atomic E-state index is -0.543. The average molecular weight is 272 g/mol. The number of amides is 2. The van der Waals surface area contributed by atoms with Crippen LogP contribution in [0.5, 0.6) is 0 Å². The van der Waals surface area contributed by atoms with E-state index in [9.17, 15) is 9.59 Å². The number of nitrogens with zero attached hydrogens (tertiary/aromatic N) is 2. The molecule has 1 aromatic heterocycles. The molecule has 100 valence electrons. The SMILES string of the molecule is CC(C)(C)OC(=O)NCCC(=O)Nc1nncs1. The van der Waals surface area contributed by atoms with E-state index in [1.807, 2.05) is 0 Å². The number of carbonyl (C=O) groups excluding carboxylic acids is 2. The molecule has 7 nitrogen and oxygen atoms in total.